The van der Waals surface area contributed by atoms with Gasteiger partial charge < -0.3 is 29.9 Å². The molecule has 2 aliphatic rings. The minimum absolute atomic E-state index is 0.0143. The summed E-state index contributed by atoms with van der Waals surface area (Å²) in [6.07, 6.45) is -5.69. The third-order valence-electron chi connectivity index (χ3n) is 10.4. The quantitative estimate of drug-likeness (QED) is 0.227. The highest BCUT2D eigenvalue weighted by Crippen LogP contribution is 2.47. The van der Waals surface area contributed by atoms with E-state index in [9.17, 15) is 19.5 Å². The molecule has 55 heavy (non-hydrogen) atoms. The molecule has 296 valence electrons. The molecule has 2 aliphatic heterocycles. The zero-order chi connectivity index (χ0) is 40.6. The van der Waals surface area contributed by atoms with Crippen molar-refractivity contribution in [2.24, 2.45) is 5.41 Å². The number of hydrogen-bond acceptors (Lipinski definition) is 5. The van der Waals surface area contributed by atoms with Gasteiger partial charge in [0, 0.05) is 38.0 Å². The van der Waals surface area contributed by atoms with E-state index in [0.717, 1.165) is 28.8 Å². The van der Waals surface area contributed by atoms with Crippen LogP contribution in [0.1, 0.15) is 95.6 Å². The second-order valence-corrected chi connectivity index (χ2v) is 16.1. The first-order valence-corrected chi connectivity index (χ1v) is 18.7. The maximum absolute atomic E-state index is 15.2. The molecule has 3 atom stereocenters. The summed E-state index contributed by atoms with van der Waals surface area (Å²) in [5, 5.41) is 13.2. The average molecular weight is 765 g/mol. The molecule has 2 heterocycles. The van der Waals surface area contributed by atoms with Gasteiger partial charge in [-0.3, -0.25) is 14.4 Å². The van der Waals surface area contributed by atoms with E-state index in [2.05, 4.69) is 5.32 Å². The van der Waals surface area contributed by atoms with Crippen LogP contribution in [0.25, 0.3) is 11.1 Å². The third kappa shape index (κ3) is 8.45. The molecule has 0 bridgehead atoms. The summed E-state index contributed by atoms with van der Waals surface area (Å²) in [6, 6.07) is 16.9. The molecule has 1 fully saturated rings. The minimum Gasteiger partial charge on any atom is -0.476 e. The summed E-state index contributed by atoms with van der Waals surface area (Å²) >= 11 is 0. The van der Waals surface area contributed by atoms with E-state index in [1.807, 2.05) is 75.4 Å². The van der Waals surface area contributed by atoms with Gasteiger partial charge in [0.15, 0.2) is 5.60 Å². The molecular weight excluding hydrogens is 713 g/mol. The van der Waals surface area contributed by atoms with Gasteiger partial charge in [-0.15, -0.1) is 0 Å². The first-order chi connectivity index (χ1) is 25.7. The SMILES string of the molecule is CCC(=O)NCCN1C(=O)C(C)(C)Oc2cc(C(F)(F)F)c(C(=O)N(C(C)C)[C@@H]3C(C(C)(C)C)N(C(=O)O)CC[C@H]3c3cccc(-c4ccccc4)c3)cc21. The Balaban J connectivity index is 1.71. The Morgan fingerprint density at radius 1 is 1.00 bits per heavy atom. The Morgan fingerprint density at radius 3 is 2.24 bits per heavy atom. The van der Waals surface area contributed by atoms with Gasteiger partial charge in [-0.1, -0.05) is 82.3 Å². The van der Waals surface area contributed by atoms with Crippen molar-refractivity contribution in [3.8, 4) is 16.9 Å². The summed E-state index contributed by atoms with van der Waals surface area (Å²) in [5.41, 5.74) is -1.59. The Kier molecular flexibility index (Phi) is 11.6. The maximum Gasteiger partial charge on any atom is 0.417 e. The number of likely N-dealkylation sites (tertiary alicyclic amines) is 1. The number of hydrogen-bond donors (Lipinski definition) is 2. The molecule has 0 spiro atoms. The van der Waals surface area contributed by atoms with Gasteiger partial charge in [0.25, 0.3) is 11.8 Å². The standard InChI is InChI=1S/C42H51F3N4O6/c1-9-34(50)46-19-21-47-32-23-30(31(42(43,44)45)24-33(32)55-41(7,8)38(47)52)37(51)49(25(2)3)35-29(18-20-48(39(53)54)36(35)40(4,5)6)28-17-13-16-27(22-28)26-14-11-10-12-15-26/h10-17,22-25,29,35-36H,9,18-21H2,1-8H3,(H,46,50)(H,53,54)/t29-,35-,36?/m0/s1. The van der Waals surface area contributed by atoms with Gasteiger partial charge in [0.1, 0.15) is 5.75 Å². The van der Waals surface area contributed by atoms with Crippen molar-refractivity contribution < 1.29 is 42.2 Å². The molecular formula is C42H51F3N4O6. The molecule has 0 radical (unpaired) electrons. The molecule has 0 aromatic heterocycles. The number of amides is 4. The first kappa shape index (κ1) is 41.1. The lowest BCUT2D eigenvalue weighted by Gasteiger charge is -2.54. The van der Waals surface area contributed by atoms with Gasteiger partial charge in [0.2, 0.25) is 5.91 Å². The summed E-state index contributed by atoms with van der Waals surface area (Å²) in [7, 11) is 0. The molecule has 10 nitrogen and oxygen atoms in total. The predicted octanol–water partition coefficient (Wildman–Crippen LogP) is 8.20. The summed E-state index contributed by atoms with van der Waals surface area (Å²) in [6.45, 7) is 13.7. The largest absolute Gasteiger partial charge is 0.476 e. The lowest BCUT2D eigenvalue weighted by atomic mass is 9.70. The van der Waals surface area contributed by atoms with Crippen molar-refractivity contribution in [2.45, 2.75) is 104 Å². The van der Waals surface area contributed by atoms with Crippen molar-refractivity contribution in [3.05, 3.63) is 83.4 Å². The van der Waals surface area contributed by atoms with Crippen molar-refractivity contribution in [1.29, 1.82) is 0 Å². The van der Waals surface area contributed by atoms with Crippen LogP contribution in [0.3, 0.4) is 0 Å². The summed E-state index contributed by atoms with van der Waals surface area (Å²) < 4.78 is 51.2. The fourth-order valence-corrected chi connectivity index (χ4v) is 8.01. The second kappa shape index (κ2) is 15.6. The fourth-order valence-electron chi connectivity index (χ4n) is 8.01. The number of nitrogens with one attached hydrogen (secondary N) is 1. The zero-order valence-electron chi connectivity index (χ0n) is 32.7. The van der Waals surface area contributed by atoms with E-state index in [1.165, 1.54) is 28.5 Å². The minimum atomic E-state index is -5.01. The van der Waals surface area contributed by atoms with Crippen LogP contribution in [0.5, 0.6) is 5.75 Å². The monoisotopic (exact) mass is 764 g/mol. The van der Waals surface area contributed by atoms with Crippen molar-refractivity contribution in [2.75, 3.05) is 24.5 Å². The van der Waals surface area contributed by atoms with E-state index < -0.39 is 70.3 Å². The smallest absolute Gasteiger partial charge is 0.417 e. The molecule has 13 heteroatoms. The number of alkyl halides is 3. The average Bonchev–Trinajstić information content (AvgIpc) is 3.11. The molecule has 0 saturated carbocycles. The van der Waals surface area contributed by atoms with Crippen LogP contribution in [0.4, 0.5) is 23.7 Å². The molecule has 1 saturated heterocycles. The van der Waals surface area contributed by atoms with Crippen molar-refractivity contribution in [3.63, 3.8) is 0 Å². The second-order valence-electron chi connectivity index (χ2n) is 16.1. The van der Waals surface area contributed by atoms with Crippen LogP contribution < -0.4 is 15.0 Å². The van der Waals surface area contributed by atoms with Crippen LogP contribution in [-0.2, 0) is 15.8 Å². The lowest BCUT2D eigenvalue weighted by molar-refractivity contribution is -0.138. The number of ether oxygens (including phenoxy) is 1. The number of benzene rings is 3. The molecule has 3 aromatic rings. The Labute approximate surface area is 320 Å². The molecule has 3 aromatic carbocycles. The molecule has 1 unspecified atom stereocenters. The Hall–Kier alpha value is -5.07. The van der Waals surface area contributed by atoms with Crippen LogP contribution >= 0.6 is 0 Å². The zero-order valence-corrected chi connectivity index (χ0v) is 32.7. The predicted molar refractivity (Wildman–Crippen MR) is 204 cm³/mol. The highest BCUT2D eigenvalue weighted by Gasteiger charge is 2.52. The number of anilines is 1. The Morgan fingerprint density at radius 2 is 1.65 bits per heavy atom. The van der Waals surface area contributed by atoms with Crippen LogP contribution in [-0.4, -0.2) is 82.1 Å². The highest BCUT2D eigenvalue weighted by molar-refractivity contribution is 6.05. The third-order valence-corrected chi connectivity index (χ3v) is 10.4. The summed E-state index contributed by atoms with van der Waals surface area (Å²) in [4.78, 5) is 57.7. The van der Waals surface area contributed by atoms with E-state index >= 15 is 18.0 Å². The number of carbonyl (C=O) groups excluding carboxylic acids is 3. The van der Waals surface area contributed by atoms with Gasteiger partial charge in [-0.2, -0.15) is 13.2 Å². The number of nitrogens with zero attached hydrogens (tertiary/aromatic N) is 3. The topological polar surface area (TPSA) is 119 Å². The Bertz CT molecular complexity index is 1920. The fraction of sp³-hybridized carbons (Fsp3) is 0.476. The highest BCUT2D eigenvalue weighted by atomic mass is 19.4. The lowest BCUT2D eigenvalue weighted by Crippen LogP contribution is -2.66. The van der Waals surface area contributed by atoms with Gasteiger partial charge in [-0.25, -0.2) is 4.79 Å². The number of carboxylic acid groups (broad SMARTS) is 1. The normalized spacial score (nSPS) is 19.8. The van der Waals surface area contributed by atoms with Gasteiger partial charge >= 0.3 is 12.3 Å². The number of fused-ring (bicyclic) bond motifs is 1. The summed E-state index contributed by atoms with van der Waals surface area (Å²) in [5.74, 6) is -2.48. The van der Waals surface area contributed by atoms with E-state index in [-0.39, 0.29) is 43.4 Å². The maximum atomic E-state index is 15.2. The first-order valence-electron chi connectivity index (χ1n) is 18.7. The van der Waals surface area contributed by atoms with E-state index in [0.29, 0.717) is 6.42 Å². The molecule has 4 amide bonds. The van der Waals surface area contributed by atoms with Crippen LogP contribution in [0.2, 0.25) is 0 Å². The van der Waals surface area contributed by atoms with Gasteiger partial charge in [-0.05, 0) is 68.4 Å². The van der Waals surface area contributed by atoms with E-state index in [4.69, 9.17) is 4.74 Å². The van der Waals surface area contributed by atoms with Gasteiger partial charge in [0.05, 0.1) is 28.9 Å². The van der Waals surface area contributed by atoms with Crippen LogP contribution in [0.15, 0.2) is 66.7 Å². The molecule has 5 rings (SSSR count). The number of piperidine rings is 1. The number of rotatable bonds is 9. The number of halogens is 3. The van der Waals surface area contributed by atoms with Crippen LogP contribution in [0, 0.1) is 5.41 Å². The molecule has 0 aliphatic carbocycles. The van der Waals surface area contributed by atoms with E-state index in [1.54, 1.807) is 20.8 Å². The van der Waals surface area contributed by atoms with Crippen molar-refractivity contribution >= 4 is 29.5 Å². The molecule has 2 N–H and O–H groups in total. The van der Waals surface area contributed by atoms with Crippen molar-refractivity contribution in [1.82, 2.24) is 15.1 Å². The number of carbonyl (C=O) groups is 4.